The molecule has 0 spiro atoms. The Hall–Kier alpha value is -0.0400. The van der Waals surface area contributed by atoms with Crippen LogP contribution in [0.25, 0.3) is 0 Å². The highest BCUT2D eigenvalue weighted by Gasteiger charge is 2.51. The maximum Gasteiger partial charge on any atom is 0.0522 e. The van der Waals surface area contributed by atoms with Gasteiger partial charge in [0.1, 0.15) is 0 Å². The van der Waals surface area contributed by atoms with Crippen LogP contribution < -0.4 is 0 Å². The molecule has 0 aromatic rings. The molecular weight excluding hydrogens is 124 g/mol. The Morgan fingerprint density at radius 3 is 3.00 bits per heavy atom. The Labute approximate surface area is 62.8 Å². The number of hydrogen-bond donors (Lipinski definition) is 0. The molecule has 0 aromatic heterocycles. The van der Waals surface area contributed by atoms with E-state index in [2.05, 4.69) is 13.8 Å². The van der Waals surface area contributed by atoms with Crippen molar-refractivity contribution in [3.63, 3.8) is 0 Å². The predicted molar refractivity (Wildman–Crippen MR) is 40.8 cm³/mol. The highest BCUT2D eigenvalue weighted by Crippen LogP contribution is 2.55. The SMILES string of the molecule is CCC1(C)COCC2CC21. The lowest BCUT2D eigenvalue weighted by molar-refractivity contribution is -0.00816. The minimum absolute atomic E-state index is 0.531. The van der Waals surface area contributed by atoms with Gasteiger partial charge in [-0.25, -0.2) is 0 Å². The molecule has 1 aliphatic heterocycles. The maximum atomic E-state index is 5.53. The fourth-order valence-corrected chi connectivity index (χ4v) is 2.20. The van der Waals surface area contributed by atoms with E-state index in [1.165, 1.54) is 12.8 Å². The van der Waals surface area contributed by atoms with Gasteiger partial charge in [-0.2, -0.15) is 0 Å². The summed E-state index contributed by atoms with van der Waals surface area (Å²) in [5, 5.41) is 0. The number of fused-ring (bicyclic) bond motifs is 1. The van der Waals surface area contributed by atoms with E-state index in [4.69, 9.17) is 4.74 Å². The van der Waals surface area contributed by atoms with E-state index in [9.17, 15) is 0 Å². The third kappa shape index (κ3) is 0.800. The van der Waals surface area contributed by atoms with Crippen molar-refractivity contribution in [1.29, 1.82) is 0 Å². The van der Waals surface area contributed by atoms with Crippen molar-refractivity contribution in [2.24, 2.45) is 17.3 Å². The van der Waals surface area contributed by atoms with Crippen LogP contribution in [0.5, 0.6) is 0 Å². The lowest BCUT2D eigenvalue weighted by Crippen LogP contribution is -2.30. The van der Waals surface area contributed by atoms with Crippen LogP contribution in [0.3, 0.4) is 0 Å². The fraction of sp³-hybridized carbons (Fsp3) is 1.00. The van der Waals surface area contributed by atoms with Crippen molar-refractivity contribution in [2.75, 3.05) is 13.2 Å². The second kappa shape index (κ2) is 1.97. The van der Waals surface area contributed by atoms with Gasteiger partial charge in [0.25, 0.3) is 0 Å². The maximum absolute atomic E-state index is 5.53. The highest BCUT2D eigenvalue weighted by atomic mass is 16.5. The van der Waals surface area contributed by atoms with E-state index >= 15 is 0 Å². The second-order valence-corrected chi connectivity index (χ2v) is 4.12. The zero-order valence-corrected chi connectivity index (χ0v) is 6.89. The van der Waals surface area contributed by atoms with E-state index in [1.807, 2.05) is 0 Å². The Kier molecular flexibility index (Phi) is 1.31. The first-order valence-corrected chi connectivity index (χ1v) is 4.34. The van der Waals surface area contributed by atoms with Gasteiger partial charge in [-0.15, -0.1) is 0 Å². The summed E-state index contributed by atoms with van der Waals surface area (Å²) in [4.78, 5) is 0. The van der Waals surface area contributed by atoms with E-state index in [-0.39, 0.29) is 0 Å². The number of hydrogen-bond acceptors (Lipinski definition) is 1. The Morgan fingerprint density at radius 1 is 1.60 bits per heavy atom. The van der Waals surface area contributed by atoms with Crippen LogP contribution in [-0.2, 0) is 4.74 Å². The molecule has 3 unspecified atom stereocenters. The molecule has 1 heterocycles. The molecule has 0 bridgehead atoms. The number of rotatable bonds is 1. The average molecular weight is 140 g/mol. The van der Waals surface area contributed by atoms with Gasteiger partial charge in [-0.05, 0) is 30.1 Å². The summed E-state index contributed by atoms with van der Waals surface area (Å²) in [6.45, 7) is 6.70. The zero-order valence-electron chi connectivity index (χ0n) is 6.89. The highest BCUT2D eigenvalue weighted by molar-refractivity contribution is 5.00. The lowest BCUT2D eigenvalue weighted by Gasteiger charge is -2.32. The standard InChI is InChI=1S/C9H16O/c1-3-9(2)6-10-5-7-4-8(7)9/h7-8H,3-6H2,1-2H3. The van der Waals surface area contributed by atoms with Crippen LogP contribution in [0.15, 0.2) is 0 Å². The molecule has 0 radical (unpaired) electrons. The first-order chi connectivity index (χ1) is 4.76. The topological polar surface area (TPSA) is 9.23 Å². The van der Waals surface area contributed by atoms with Gasteiger partial charge in [0.15, 0.2) is 0 Å². The molecule has 1 nitrogen and oxygen atoms in total. The molecule has 0 aromatic carbocycles. The van der Waals surface area contributed by atoms with Crippen molar-refractivity contribution in [1.82, 2.24) is 0 Å². The molecule has 1 saturated heterocycles. The molecule has 3 atom stereocenters. The molecule has 58 valence electrons. The Morgan fingerprint density at radius 2 is 2.40 bits per heavy atom. The first kappa shape index (κ1) is 6.66. The van der Waals surface area contributed by atoms with Gasteiger partial charge in [0.2, 0.25) is 0 Å². The predicted octanol–water partition coefficient (Wildman–Crippen LogP) is 2.07. The third-order valence-corrected chi connectivity index (χ3v) is 3.39. The van der Waals surface area contributed by atoms with Crippen LogP contribution in [0.2, 0.25) is 0 Å². The summed E-state index contributed by atoms with van der Waals surface area (Å²) in [7, 11) is 0. The van der Waals surface area contributed by atoms with Crippen LogP contribution in [0, 0.1) is 17.3 Å². The largest absolute Gasteiger partial charge is 0.381 e. The van der Waals surface area contributed by atoms with E-state index in [0.717, 1.165) is 25.0 Å². The molecule has 2 aliphatic rings. The summed E-state index contributed by atoms with van der Waals surface area (Å²) < 4.78 is 5.53. The van der Waals surface area contributed by atoms with Gasteiger partial charge >= 0.3 is 0 Å². The molecule has 10 heavy (non-hydrogen) atoms. The van der Waals surface area contributed by atoms with Crippen LogP contribution in [0.1, 0.15) is 26.7 Å². The van der Waals surface area contributed by atoms with Crippen molar-refractivity contribution < 1.29 is 4.74 Å². The van der Waals surface area contributed by atoms with Gasteiger partial charge in [0.05, 0.1) is 6.61 Å². The van der Waals surface area contributed by atoms with E-state index in [0.29, 0.717) is 5.41 Å². The zero-order chi connectivity index (χ0) is 7.19. The van der Waals surface area contributed by atoms with Crippen molar-refractivity contribution >= 4 is 0 Å². The molecule has 0 N–H and O–H groups in total. The summed E-state index contributed by atoms with van der Waals surface area (Å²) in [6.07, 6.45) is 2.72. The monoisotopic (exact) mass is 140 g/mol. The lowest BCUT2D eigenvalue weighted by atomic mass is 9.81. The van der Waals surface area contributed by atoms with E-state index in [1.54, 1.807) is 0 Å². The Balaban J connectivity index is 2.07. The van der Waals surface area contributed by atoms with Crippen LogP contribution in [-0.4, -0.2) is 13.2 Å². The smallest absolute Gasteiger partial charge is 0.0522 e. The summed E-state index contributed by atoms with van der Waals surface area (Å²) in [6, 6.07) is 0. The Bertz CT molecular complexity index is 144. The van der Waals surface area contributed by atoms with Crippen molar-refractivity contribution in [3.05, 3.63) is 0 Å². The summed E-state index contributed by atoms with van der Waals surface area (Å²) in [5.74, 6) is 1.94. The minimum atomic E-state index is 0.531. The first-order valence-electron chi connectivity index (χ1n) is 4.34. The van der Waals surface area contributed by atoms with Gasteiger partial charge in [0, 0.05) is 6.61 Å². The molecule has 2 fully saturated rings. The molecule has 1 heteroatoms. The van der Waals surface area contributed by atoms with Gasteiger partial charge < -0.3 is 4.74 Å². The van der Waals surface area contributed by atoms with Gasteiger partial charge in [-0.1, -0.05) is 13.8 Å². The molecule has 1 saturated carbocycles. The van der Waals surface area contributed by atoms with Crippen molar-refractivity contribution in [3.8, 4) is 0 Å². The molecule has 1 aliphatic carbocycles. The quantitative estimate of drug-likeness (QED) is 0.541. The fourth-order valence-electron chi connectivity index (χ4n) is 2.20. The van der Waals surface area contributed by atoms with Crippen LogP contribution in [0.4, 0.5) is 0 Å². The second-order valence-electron chi connectivity index (χ2n) is 4.12. The normalized spacial score (nSPS) is 52.2. The summed E-state index contributed by atoms with van der Waals surface area (Å²) >= 11 is 0. The molecule has 0 amide bonds. The van der Waals surface area contributed by atoms with Gasteiger partial charge in [-0.3, -0.25) is 0 Å². The summed E-state index contributed by atoms with van der Waals surface area (Å²) in [5.41, 5.74) is 0.531. The number of ether oxygens (including phenoxy) is 1. The molecule has 2 rings (SSSR count). The van der Waals surface area contributed by atoms with Crippen LogP contribution >= 0.6 is 0 Å². The van der Waals surface area contributed by atoms with E-state index < -0.39 is 0 Å². The van der Waals surface area contributed by atoms with Crippen molar-refractivity contribution in [2.45, 2.75) is 26.7 Å². The average Bonchev–Trinajstić information content (AvgIpc) is 2.68. The minimum Gasteiger partial charge on any atom is -0.381 e. The molecular formula is C9H16O. The third-order valence-electron chi connectivity index (χ3n) is 3.39.